The van der Waals surface area contributed by atoms with E-state index in [0.717, 1.165) is 5.56 Å². The van der Waals surface area contributed by atoms with Gasteiger partial charge in [0.15, 0.2) is 0 Å². The maximum atomic E-state index is 11.9. The summed E-state index contributed by atoms with van der Waals surface area (Å²) in [5.41, 5.74) is 0.721. The first-order valence-electron chi connectivity index (χ1n) is 6.92. The molecular formula is C18H18O5. The van der Waals surface area contributed by atoms with E-state index in [1.807, 2.05) is 0 Å². The van der Waals surface area contributed by atoms with Gasteiger partial charge in [0.1, 0.15) is 23.0 Å². The van der Waals surface area contributed by atoms with Crippen LogP contribution in [0.5, 0.6) is 23.0 Å². The first kappa shape index (κ1) is 16.4. The maximum Gasteiger partial charge on any atom is 0.336 e. The van der Waals surface area contributed by atoms with Gasteiger partial charge in [-0.05, 0) is 48.5 Å². The molecule has 0 aromatic heterocycles. The number of hydrogen-bond acceptors (Lipinski definition) is 5. The van der Waals surface area contributed by atoms with E-state index in [-0.39, 0.29) is 0 Å². The third-order valence-electron chi connectivity index (χ3n) is 3.11. The molecular weight excluding hydrogens is 296 g/mol. The number of methoxy groups -OCH3 is 3. The third kappa shape index (κ3) is 4.51. The molecule has 2 aromatic carbocycles. The molecule has 0 radical (unpaired) electrons. The van der Waals surface area contributed by atoms with Crippen LogP contribution in [0.25, 0.3) is 6.08 Å². The molecule has 0 amide bonds. The van der Waals surface area contributed by atoms with Gasteiger partial charge in [0, 0.05) is 11.6 Å². The fraction of sp³-hybridized carbons (Fsp3) is 0.167. The first-order valence-corrected chi connectivity index (χ1v) is 6.92. The second kappa shape index (κ2) is 7.89. The highest BCUT2D eigenvalue weighted by Crippen LogP contribution is 2.25. The summed E-state index contributed by atoms with van der Waals surface area (Å²) in [6, 6.07) is 12.1. The summed E-state index contributed by atoms with van der Waals surface area (Å²) in [6.45, 7) is 0. The lowest BCUT2D eigenvalue weighted by molar-refractivity contribution is -0.128. The Kier molecular flexibility index (Phi) is 5.63. The van der Waals surface area contributed by atoms with Crippen LogP contribution in [0.2, 0.25) is 0 Å². The van der Waals surface area contributed by atoms with Crippen LogP contribution in [0.3, 0.4) is 0 Å². The van der Waals surface area contributed by atoms with E-state index in [1.54, 1.807) is 69.9 Å². The lowest BCUT2D eigenvalue weighted by Crippen LogP contribution is -2.03. The molecule has 23 heavy (non-hydrogen) atoms. The number of rotatable bonds is 6. The number of esters is 1. The molecule has 0 aliphatic heterocycles. The van der Waals surface area contributed by atoms with Gasteiger partial charge in [-0.2, -0.15) is 0 Å². The second-order valence-electron chi connectivity index (χ2n) is 4.54. The summed E-state index contributed by atoms with van der Waals surface area (Å²) in [6.07, 6.45) is 2.95. The average Bonchev–Trinajstić information content (AvgIpc) is 2.60. The monoisotopic (exact) mass is 314 g/mol. The maximum absolute atomic E-state index is 11.9. The van der Waals surface area contributed by atoms with E-state index in [1.165, 1.54) is 6.08 Å². The standard InChI is InChI=1S/C18H18O5/c1-20-14-5-7-15(8-6-14)23-18(19)11-4-13-12-16(21-2)9-10-17(13)22-3/h4-12H,1-3H3/b11-4+. The highest BCUT2D eigenvalue weighted by Gasteiger charge is 2.04. The van der Waals surface area contributed by atoms with Crippen molar-refractivity contribution >= 4 is 12.0 Å². The van der Waals surface area contributed by atoms with Gasteiger partial charge < -0.3 is 18.9 Å². The average molecular weight is 314 g/mol. The van der Waals surface area contributed by atoms with E-state index in [2.05, 4.69) is 0 Å². The van der Waals surface area contributed by atoms with Gasteiger partial charge >= 0.3 is 5.97 Å². The number of ether oxygens (including phenoxy) is 4. The van der Waals surface area contributed by atoms with Crippen molar-refractivity contribution in [3.05, 3.63) is 54.1 Å². The van der Waals surface area contributed by atoms with Gasteiger partial charge in [0.05, 0.1) is 21.3 Å². The van der Waals surface area contributed by atoms with Gasteiger partial charge in [-0.25, -0.2) is 4.79 Å². The van der Waals surface area contributed by atoms with Gasteiger partial charge in [-0.3, -0.25) is 0 Å². The second-order valence-corrected chi connectivity index (χ2v) is 4.54. The zero-order valence-corrected chi connectivity index (χ0v) is 13.2. The molecule has 0 bridgehead atoms. The lowest BCUT2D eigenvalue weighted by Gasteiger charge is -2.07. The number of carbonyl (C=O) groups excluding carboxylic acids is 1. The van der Waals surface area contributed by atoms with Crippen molar-refractivity contribution in [2.75, 3.05) is 21.3 Å². The minimum absolute atomic E-state index is 0.443. The van der Waals surface area contributed by atoms with E-state index in [0.29, 0.717) is 23.0 Å². The zero-order chi connectivity index (χ0) is 16.7. The molecule has 0 saturated heterocycles. The Balaban J connectivity index is 2.08. The van der Waals surface area contributed by atoms with Crippen LogP contribution in [0.4, 0.5) is 0 Å². The van der Waals surface area contributed by atoms with Gasteiger partial charge in [-0.15, -0.1) is 0 Å². The summed E-state index contributed by atoms with van der Waals surface area (Å²) >= 11 is 0. The summed E-state index contributed by atoms with van der Waals surface area (Å²) in [5, 5.41) is 0. The highest BCUT2D eigenvalue weighted by molar-refractivity contribution is 5.89. The van der Waals surface area contributed by atoms with Crippen molar-refractivity contribution < 1.29 is 23.7 Å². The fourth-order valence-electron chi connectivity index (χ4n) is 1.92. The van der Waals surface area contributed by atoms with Gasteiger partial charge in [0.2, 0.25) is 0 Å². The molecule has 2 aromatic rings. The van der Waals surface area contributed by atoms with Crippen LogP contribution >= 0.6 is 0 Å². The molecule has 120 valence electrons. The van der Waals surface area contributed by atoms with Crippen LogP contribution in [0, 0.1) is 0 Å². The summed E-state index contributed by atoms with van der Waals surface area (Å²) < 4.78 is 20.7. The Bertz CT molecular complexity index is 689. The molecule has 0 atom stereocenters. The Morgan fingerprint density at radius 1 is 0.826 bits per heavy atom. The molecule has 0 spiro atoms. The molecule has 5 heteroatoms. The van der Waals surface area contributed by atoms with Crippen LogP contribution < -0.4 is 18.9 Å². The molecule has 0 saturated carbocycles. The molecule has 0 fully saturated rings. The Morgan fingerprint density at radius 2 is 1.43 bits per heavy atom. The van der Waals surface area contributed by atoms with E-state index < -0.39 is 5.97 Å². The minimum Gasteiger partial charge on any atom is -0.497 e. The summed E-state index contributed by atoms with van der Waals surface area (Å²) in [5.74, 6) is 1.97. The van der Waals surface area contributed by atoms with Crippen LogP contribution in [-0.4, -0.2) is 27.3 Å². The normalized spacial score (nSPS) is 10.4. The van der Waals surface area contributed by atoms with Crippen molar-refractivity contribution in [3.63, 3.8) is 0 Å². The highest BCUT2D eigenvalue weighted by atomic mass is 16.5. The largest absolute Gasteiger partial charge is 0.497 e. The Morgan fingerprint density at radius 3 is 2.04 bits per heavy atom. The van der Waals surface area contributed by atoms with Crippen LogP contribution in [-0.2, 0) is 4.79 Å². The van der Waals surface area contributed by atoms with E-state index in [4.69, 9.17) is 18.9 Å². The fourth-order valence-corrected chi connectivity index (χ4v) is 1.92. The molecule has 5 nitrogen and oxygen atoms in total. The molecule has 0 heterocycles. The Labute approximate surface area is 135 Å². The van der Waals surface area contributed by atoms with Crippen LogP contribution in [0.15, 0.2) is 48.5 Å². The number of hydrogen-bond donors (Lipinski definition) is 0. The SMILES string of the molecule is COc1ccc(OC(=O)/C=C/c2cc(OC)ccc2OC)cc1. The quantitative estimate of drug-likeness (QED) is 0.465. The van der Waals surface area contributed by atoms with Crippen molar-refractivity contribution in [1.29, 1.82) is 0 Å². The van der Waals surface area contributed by atoms with Crippen molar-refractivity contribution in [2.45, 2.75) is 0 Å². The predicted molar refractivity (Wildman–Crippen MR) is 87.2 cm³/mol. The van der Waals surface area contributed by atoms with Gasteiger partial charge in [-0.1, -0.05) is 0 Å². The minimum atomic E-state index is -0.486. The first-order chi connectivity index (χ1) is 11.2. The zero-order valence-electron chi connectivity index (χ0n) is 13.2. The molecule has 0 aliphatic carbocycles. The van der Waals surface area contributed by atoms with E-state index in [9.17, 15) is 4.79 Å². The van der Waals surface area contributed by atoms with Crippen molar-refractivity contribution in [2.24, 2.45) is 0 Å². The molecule has 2 rings (SSSR count). The number of benzene rings is 2. The molecule has 0 N–H and O–H groups in total. The lowest BCUT2D eigenvalue weighted by atomic mass is 10.1. The third-order valence-corrected chi connectivity index (χ3v) is 3.11. The smallest absolute Gasteiger partial charge is 0.336 e. The van der Waals surface area contributed by atoms with Gasteiger partial charge in [0.25, 0.3) is 0 Å². The topological polar surface area (TPSA) is 54.0 Å². The Hall–Kier alpha value is -2.95. The molecule has 0 aliphatic rings. The molecule has 0 unspecified atom stereocenters. The van der Waals surface area contributed by atoms with Crippen molar-refractivity contribution in [3.8, 4) is 23.0 Å². The van der Waals surface area contributed by atoms with Crippen LogP contribution in [0.1, 0.15) is 5.56 Å². The summed E-state index contributed by atoms with van der Waals surface area (Å²) in [7, 11) is 4.72. The number of carbonyl (C=O) groups is 1. The predicted octanol–water partition coefficient (Wildman–Crippen LogP) is 3.33. The van der Waals surface area contributed by atoms with E-state index >= 15 is 0 Å². The summed E-state index contributed by atoms with van der Waals surface area (Å²) in [4.78, 5) is 11.9. The van der Waals surface area contributed by atoms with Crippen molar-refractivity contribution in [1.82, 2.24) is 0 Å².